The van der Waals surface area contributed by atoms with Crippen LogP contribution in [-0.4, -0.2) is 56.6 Å². The molecule has 1 aromatic carbocycles. The van der Waals surface area contributed by atoms with Crippen molar-refractivity contribution < 1.29 is 13.7 Å². The summed E-state index contributed by atoms with van der Waals surface area (Å²) in [6, 6.07) is 11.2. The first kappa shape index (κ1) is 22.3. The minimum Gasteiger partial charge on any atom is -0.422 e. The highest BCUT2D eigenvalue weighted by Crippen LogP contribution is 2.27. The van der Waals surface area contributed by atoms with Crippen molar-refractivity contribution in [2.75, 3.05) is 24.5 Å². The zero-order chi connectivity index (χ0) is 24.0. The number of piperazine rings is 1. The molecule has 4 aromatic rings. The number of amides is 1. The highest BCUT2D eigenvalue weighted by molar-refractivity contribution is 6.29. The zero-order valence-electron chi connectivity index (χ0n) is 19.4. The molecule has 0 radical (unpaired) electrons. The van der Waals surface area contributed by atoms with Crippen LogP contribution in [0.3, 0.4) is 0 Å². The Hall–Kier alpha value is -3.46. The summed E-state index contributed by atoms with van der Waals surface area (Å²) in [6.07, 6.45) is 0. The molecule has 0 bridgehead atoms. The molecular formula is C24H25ClN6O3. The highest BCUT2D eigenvalue weighted by atomic mass is 35.5. The Balaban J connectivity index is 1.27. The topological polar surface area (TPSA) is 101 Å². The summed E-state index contributed by atoms with van der Waals surface area (Å²) >= 11 is 5.96. The van der Waals surface area contributed by atoms with Crippen LogP contribution < -0.4 is 4.90 Å². The fourth-order valence-electron chi connectivity index (χ4n) is 3.92. The van der Waals surface area contributed by atoms with Crippen LogP contribution in [0, 0.1) is 0 Å². The van der Waals surface area contributed by atoms with E-state index in [4.69, 9.17) is 20.5 Å². The summed E-state index contributed by atoms with van der Waals surface area (Å²) in [4.78, 5) is 30.2. The average molecular weight is 481 g/mol. The molecule has 1 amide bonds. The van der Waals surface area contributed by atoms with Crippen LogP contribution in [0.15, 0.2) is 45.3 Å². The molecule has 1 aliphatic rings. The second-order valence-corrected chi connectivity index (χ2v) is 9.88. The van der Waals surface area contributed by atoms with Crippen molar-refractivity contribution >= 4 is 34.8 Å². The normalized spacial score (nSPS) is 16.9. The van der Waals surface area contributed by atoms with Crippen LogP contribution in [0.4, 0.5) is 6.01 Å². The molecule has 5 rings (SSSR count). The first-order valence-corrected chi connectivity index (χ1v) is 11.5. The van der Waals surface area contributed by atoms with Crippen molar-refractivity contribution in [3.63, 3.8) is 0 Å². The van der Waals surface area contributed by atoms with Crippen molar-refractivity contribution in [2.45, 2.75) is 39.2 Å². The van der Waals surface area contributed by atoms with Gasteiger partial charge in [0.25, 0.3) is 11.9 Å². The molecule has 0 saturated carbocycles. The van der Waals surface area contributed by atoms with Gasteiger partial charge in [0.05, 0.1) is 0 Å². The van der Waals surface area contributed by atoms with Gasteiger partial charge in [-0.15, -0.1) is 0 Å². The minimum absolute atomic E-state index is 0.0208. The SMILES string of the molecule is CC1CN(C(=O)c2ccc(-c3noc(C(C)(C)C)n3)cc2)CCN1c1nc2nc(Cl)ccc2o1. The minimum atomic E-state index is -0.221. The molecule has 1 unspecified atom stereocenters. The lowest BCUT2D eigenvalue weighted by molar-refractivity contribution is 0.0724. The Morgan fingerprint density at radius 2 is 1.82 bits per heavy atom. The molecule has 0 aliphatic carbocycles. The number of aromatic nitrogens is 4. The molecule has 10 heteroatoms. The largest absolute Gasteiger partial charge is 0.422 e. The van der Waals surface area contributed by atoms with Gasteiger partial charge in [0, 0.05) is 42.2 Å². The molecule has 1 aliphatic heterocycles. The molecule has 4 heterocycles. The van der Waals surface area contributed by atoms with Crippen LogP contribution in [-0.2, 0) is 5.41 Å². The molecule has 1 saturated heterocycles. The van der Waals surface area contributed by atoms with Crippen LogP contribution in [0.2, 0.25) is 5.15 Å². The van der Waals surface area contributed by atoms with Crippen LogP contribution in [0.1, 0.15) is 43.9 Å². The lowest BCUT2D eigenvalue weighted by Crippen LogP contribution is -2.53. The number of carbonyl (C=O) groups excluding carboxylic acids is 1. The van der Waals surface area contributed by atoms with E-state index in [-0.39, 0.29) is 17.4 Å². The third-order valence-electron chi connectivity index (χ3n) is 5.83. The summed E-state index contributed by atoms with van der Waals surface area (Å²) in [5.41, 5.74) is 2.26. The van der Waals surface area contributed by atoms with Gasteiger partial charge < -0.3 is 18.7 Å². The van der Waals surface area contributed by atoms with Gasteiger partial charge in [0.15, 0.2) is 5.58 Å². The van der Waals surface area contributed by atoms with E-state index in [1.165, 1.54) is 0 Å². The first-order chi connectivity index (χ1) is 16.2. The highest BCUT2D eigenvalue weighted by Gasteiger charge is 2.30. The van der Waals surface area contributed by atoms with E-state index in [1.807, 2.05) is 49.6 Å². The number of hydrogen-bond acceptors (Lipinski definition) is 8. The Morgan fingerprint density at radius 3 is 2.50 bits per heavy atom. The van der Waals surface area contributed by atoms with Gasteiger partial charge in [-0.25, -0.2) is 4.98 Å². The van der Waals surface area contributed by atoms with Gasteiger partial charge >= 0.3 is 0 Å². The van der Waals surface area contributed by atoms with E-state index in [0.717, 1.165) is 5.56 Å². The van der Waals surface area contributed by atoms with Gasteiger partial charge in [-0.3, -0.25) is 4.79 Å². The van der Waals surface area contributed by atoms with Crippen molar-refractivity contribution in [3.05, 3.63) is 53.0 Å². The maximum Gasteiger partial charge on any atom is 0.300 e. The number of hydrogen-bond donors (Lipinski definition) is 0. The van der Waals surface area contributed by atoms with E-state index >= 15 is 0 Å². The first-order valence-electron chi connectivity index (χ1n) is 11.1. The molecule has 176 valence electrons. The second-order valence-electron chi connectivity index (χ2n) is 9.50. The van der Waals surface area contributed by atoms with Crippen LogP contribution in [0.5, 0.6) is 0 Å². The second kappa shape index (κ2) is 8.39. The monoisotopic (exact) mass is 480 g/mol. The summed E-state index contributed by atoms with van der Waals surface area (Å²) in [5.74, 6) is 1.07. The van der Waals surface area contributed by atoms with Gasteiger partial charge in [-0.2, -0.15) is 9.97 Å². The maximum atomic E-state index is 13.1. The van der Waals surface area contributed by atoms with Crippen LogP contribution >= 0.6 is 11.6 Å². The number of carbonyl (C=O) groups is 1. The number of fused-ring (bicyclic) bond motifs is 1. The Labute approximate surface area is 201 Å². The molecule has 0 spiro atoms. The predicted octanol–water partition coefficient (Wildman–Crippen LogP) is 4.57. The number of rotatable bonds is 3. The number of nitrogens with zero attached hydrogens (tertiary/aromatic N) is 6. The zero-order valence-corrected chi connectivity index (χ0v) is 20.2. The number of oxazole rings is 1. The van der Waals surface area contributed by atoms with Crippen LogP contribution in [0.25, 0.3) is 22.6 Å². The third kappa shape index (κ3) is 4.23. The van der Waals surface area contributed by atoms with Crippen molar-refractivity contribution in [1.82, 2.24) is 25.0 Å². The summed E-state index contributed by atoms with van der Waals surface area (Å²) < 4.78 is 11.2. The Morgan fingerprint density at radius 1 is 1.06 bits per heavy atom. The van der Waals surface area contributed by atoms with E-state index in [1.54, 1.807) is 24.3 Å². The van der Waals surface area contributed by atoms with Gasteiger partial charge in [0.1, 0.15) is 5.15 Å². The predicted molar refractivity (Wildman–Crippen MR) is 128 cm³/mol. The fraction of sp³-hybridized carbons (Fsp3) is 0.375. The van der Waals surface area contributed by atoms with Crippen molar-refractivity contribution in [2.24, 2.45) is 0 Å². The smallest absolute Gasteiger partial charge is 0.300 e. The number of anilines is 1. The van der Waals surface area contributed by atoms with Gasteiger partial charge in [0.2, 0.25) is 17.4 Å². The average Bonchev–Trinajstić information content (AvgIpc) is 3.46. The molecule has 9 nitrogen and oxygen atoms in total. The standard InChI is InChI=1S/C24H25ClN6O3/c1-14-13-30(11-12-31(14)23-28-20-17(33-23)9-10-18(25)26-20)21(32)16-7-5-15(6-8-16)19-27-22(34-29-19)24(2,3)4/h5-10,14H,11-13H2,1-4H3. The molecule has 1 atom stereocenters. The summed E-state index contributed by atoms with van der Waals surface area (Å²) in [6.45, 7) is 9.80. The quantitative estimate of drug-likeness (QED) is 0.393. The molecule has 3 aromatic heterocycles. The molecule has 0 N–H and O–H groups in total. The van der Waals surface area contributed by atoms with Crippen molar-refractivity contribution in [1.29, 1.82) is 0 Å². The van der Waals surface area contributed by atoms with E-state index < -0.39 is 0 Å². The van der Waals surface area contributed by atoms with E-state index in [9.17, 15) is 4.79 Å². The lowest BCUT2D eigenvalue weighted by atomic mass is 9.97. The molecule has 1 fully saturated rings. The molecular weight excluding hydrogens is 456 g/mol. The summed E-state index contributed by atoms with van der Waals surface area (Å²) in [7, 11) is 0. The van der Waals surface area contributed by atoms with E-state index in [0.29, 0.717) is 59.3 Å². The van der Waals surface area contributed by atoms with Gasteiger partial charge in [-0.1, -0.05) is 49.7 Å². The Bertz CT molecular complexity index is 1340. The van der Waals surface area contributed by atoms with Crippen molar-refractivity contribution in [3.8, 4) is 11.4 Å². The summed E-state index contributed by atoms with van der Waals surface area (Å²) in [5, 5.41) is 4.44. The van der Waals surface area contributed by atoms with Gasteiger partial charge in [-0.05, 0) is 31.2 Å². The number of pyridine rings is 1. The molecule has 34 heavy (non-hydrogen) atoms. The Kier molecular flexibility index (Phi) is 5.51. The lowest BCUT2D eigenvalue weighted by Gasteiger charge is -2.39. The maximum absolute atomic E-state index is 13.1. The number of halogens is 1. The number of benzene rings is 1. The third-order valence-corrected chi connectivity index (χ3v) is 6.04. The van der Waals surface area contributed by atoms with E-state index in [2.05, 4.69) is 20.1 Å². The fourth-order valence-corrected chi connectivity index (χ4v) is 4.07.